The van der Waals surface area contributed by atoms with Gasteiger partial charge >= 0.3 is 0 Å². The molecule has 1 saturated carbocycles. The molecule has 0 bridgehead atoms. The lowest BCUT2D eigenvalue weighted by Crippen LogP contribution is -2.26. The fourth-order valence-electron chi connectivity index (χ4n) is 2.68. The van der Waals surface area contributed by atoms with E-state index >= 15 is 0 Å². The van der Waals surface area contributed by atoms with Gasteiger partial charge in [-0.15, -0.1) is 0 Å². The van der Waals surface area contributed by atoms with E-state index in [4.69, 9.17) is 0 Å². The van der Waals surface area contributed by atoms with E-state index in [0.717, 1.165) is 37.5 Å². The molecule has 0 aromatic carbocycles. The van der Waals surface area contributed by atoms with E-state index in [0.29, 0.717) is 5.69 Å². The van der Waals surface area contributed by atoms with Crippen LogP contribution in [0.15, 0.2) is 18.3 Å². The molecule has 2 rings (SSSR count). The van der Waals surface area contributed by atoms with Crippen LogP contribution in [0.5, 0.6) is 0 Å². The fraction of sp³-hybridized carbons (Fsp3) is 0.625. The van der Waals surface area contributed by atoms with Crippen molar-refractivity contribution in [2.45, 2.75) is 45.4 Å². The Morgan fingerprint density at radius 1 is 1.30 bits per heavy atom. The summed E-state index contributed by atoms with van der Waals surface area (Å²) in [5.41, 5.74) is 1.47. The maximum Gasteiger partial charge on any atom is 0.269 e. The minimum atomic E-state index is -0.0648. The lowest BCUT2D eigenvalue weighted by Gasteiger charge is -2.10. The number of amides is 1. The Bertz CT molecular complexity index is 410. The van der Waals surface area contributed by atoms with Gasteiger partial charge in [0, 0.05) is 13.1 Å². The summed E-state index contributed by atoms with van der Waals surface area (Å²) in [6.45, 7) is 3.81. The highest BCUT2D eigenvalue weighted by Gasteiger charge is 2.15. The van der Waals surface area contributed by atoms with E-state index in [-0.39, 0.29) is 5.91 Å². The van der Waals surface area contributed by atoms with Crippen LogP contribution in [0.25, 0.3) is 0 Å². The summed E-state index contributed by atoms with van der Waals surface area (Å²) in [6.07, 6.45) is 9.25. The topological polar surface area (TPSA) is 54.0 Å². The van der Waals surface area contributed by atoms with Crippen molar-refractivity contribution in [1.82, 2.24) is 10.3 Å². The van der Waals surface area contributed by atoms with Crippen LogP contribution in [0.1, 0.15) is 55.9 Å². The van der Waals surface area contributed by atoms with Gasteiger partial charge in [0.15, 0.2) is 0 Å². The Morgan fingerprint density at radius 2 is 2.10 bits per heavy atom. The minimum absolute atomic E-state index is 0.0648. The minimum Gasteiger partial charge on any atom is -0.384 e. The molecule has 1 aromatic heterocycles. The largest absolute Gasteiger partial charge is 0.384 e. The third kappa shape index (κ3) is 4.51. The van der Waals surface area contributed by atoms with E-state index in [2.05, 4.69) is 22.5 Å². The van der Waals surface area contributed by atoms with Gasteiger partial charge in [0.2, 0.25) is 0 Å². The zero-order chi connectivity index (χ0) is 14.2. The zero-order valence-corrected chi connectivity index (χ0v) is 12.3. The van der Waals surface area contributed by atoms with E-state index in [1.54, 1.807) is 12.3 Å². The van der Waals surface area contributed by atoms with Crippen molar-refractivity contribution in [3.63, 3.8) is 0 Å². The van der Waals surface area contributed by atoms with E-state index < -0.39 is 0 Å². The molecule has 4 nitrogen and oxygen atoms in total. The average Bonchev–Trinajstić information content (AvgIpc) is 2.99. The number of hydrogen-bond donors (Lipinski definition) is 2. The van der Waals surface area contributed by atoms with Crippen LogP contribution < -0.4 is 10.6 Å². The second-order valence-corrected chi connectivity index (χ2v) is 5.55. The summed E-state index contributed by atoms with van der Waals surface area (Å²) >= 11 is 0. The normalized spacial score (nSPS) is 15.2. The quantitative estimate of drug-likeness (QED) is 0.803. The van der Waals surface area contributed by atoms with Gasteiger partial charge in [-0.1, -0.05) is 32.6 Å². The van der Waals surface area contributed by atoms with Crippen molar-refractivity contribution in [2.75, 3.05) is 18.4 Å². The first-order valence-electron chi connectivity index (χ1n) is 7.77. The standard InChI is InChI=1S/C16H25N3O/c1-2-10-17-14-7-8-15(19-12-14)16(20)18-11-9-13-5-3-4-6-13/h7-8,12-13,17H,2-6,9-11H2,1H3,(H,18,20). The van der Waals surface area contributed by atoms with Gasteiger partial charge in [0.25, 0.3) is 5.91 Å². The molecule has 1 aromatic rings. The van der Waals surface area contributed by atoms with Gasteiger partial charge in [0.05, 0.1) is 11.9 Å². The summed E-state index contributed by atoms with van der Waals surface area (Å²) in [4.78, 5) is 16.2. The smallest absolute Gasteiger partial charge is 0.269 e. The first-order valence-corrected chi connectivity index (χ1v) is 7.77. The predicted octanol–water partition coefficient (Wildman–Crippen LogP) is 3.21. The number of rotatable bonds is 7. The van der Waals surface area contributed by atoms with Gasteiger partial charge < -0.3 is 10.6 Å². The first kappa shape index (κ1) is 14.8. The van der Waals surface area contributed by atoms with Gasteiger partial charge in [-0.05, 0) is 30.9 Å². The van der Waals surface area contributed by atoms with Crippen LogP contribution in [0.2, 0.25) is 0 Å². The molecular formula is C16H25N3O. The van der Waals surface area contributed by atoms with Crippen LogP contribution >= 0.6 is 0 Å². The van der Waals surface area contributed by atoms with Crippen LogP contribution in [-0.4, -0.2) is 24.0 Å². The molecule has 0 radical (unpaired) electrons. The van der Waals surface area contributed by atoms with E-state index in [9.17, 15) is 4.79 Å². The van der Waals surface area contributed by atoms with E-state index in [1.807, 2.05) is 6.07 Å². The summed E-state index contributed by atoms with van der Waals surface area (Å²) in [7, 11) is 0. The second-order valence-electron chi connectivity index (χ2n) is 5.55. The third-order valence-electron chi connectivity index (χ3n) is 3.89. The number of nitrogens with zero attached hydrogens (tertiary/aromatic N) is 1. The Balaban J connectivity index is 1.73. The van der Waals surface area contributed by atoms with Crippen molar-refractivity contribution in [3.05, 3.63) is 24.0 Å². The fourth-order valence-corrected chi connectivity index (χ4v) is 2.68. The highest BCUT2D eigenvalue weighted by Crippen LogP contribution is 2.26. The number of pyridine rings is 1. The molecule has 4 heteroatoms. The molecule has 1 aliphatic carbocycles. The molecule has 1 amide bonds. The molecule has 110 valence electrons. The second kappa shape index (κ2) is 7.88. The van der Waals surface area contributed by atoms with Gasteiger partial charge in [-0.2, -0.15) is 0 Å². The van der Waals surface area contributed by atoms with Crippen LogP contribution in [0.4, 0.5) is 5.69 Å². The van der Waals surface area contributed by atoms with Gasteiger partial charge in [-0.25, -0.2) is 4.98 Å². The highest BCUT2D eigenvalue weighted by atomic mass is 16.1. The molecule has 0 atom stereocenters. The predicted molar refractivity (Wildman–Crippen MR) is 81.9 cm³/mol. The van der Waals surface area contributed by atoms with Crippen molar-refractivity contribution in [1.29, 1.82) is 0 Å². The molecule has 2 N–H and O–H groups in total. The van der Waals surface area contributed by atoms with Gasteiger partial charge in [-0.3, -0.25) is 4.79 Å². The molecule has 1 aliphatic rings. The highest BCUT2D eigenvalue weighted by molar-refractivity contribution is 5.92. The molecule has 0 unspecified atom stereocenters. The molecule has 0 saturated heterocycles. The van der Waals surface area contributed by atoms with E-state index in [1.165, 1.54) is 25.7 Å². The third-order valence-corrected chi connectivity index (χ3v) is 3.89. The van der Waals surface area contributed by atoms with Crippen molar-refractivity contribution < 1.29 is 4.79 Å². The molecule has 1 heterocycles. The number of carbonyl (C=O) groups excluding carboxylic acids is 1. The summed E-state index contributed by atoms with van der Waals surface area (Å²) in [5.74, 6) is 0.744. The Morgan fingerprint density at radius 3 is 2.75 bits per heavy atom. The van der Waals surface area contributed by atoms with Crippen LogP contribution in [0.3, 0.4) is 0 Å². The van der Waals surface area contributed by atoms with Gasteiger partial charge in [0.1, 0.15) is 5.69 Å². The Labute approximate surface area is 121 Å². The number of hydrogen-bond acceptors (Lipinski definition) is 3. The average molecular weight is 275 g/mol. The van der Waals surface area contributed by atoms with Crippen LogP contribution in [-0.2, 0) is 0 Å². The molecule has 20 heavy (non-hydrogen) atoms. The summed E-state index contributed by atoms with van der Waals surface area (Å²) < 4.78 is 0. The lowest BCUT2D eigenvalue weighted by molar-refractivity contribution is 0.0946. The maximum atomic E-state index is 11.9. The monoisotopic (exact) mass is 275 g/mol. The Kier molecular flexibility index (Phi) is 5.84. The Hall–Kier alpha value is -1.58. The molecular weight excluding hydrogens is 250 g/mol. The maximum absolute atomic E-state index is 11.9. The number of aromatic nitrogens is 1. The number of nitrogens with one attached hydrogen (secondary N) is 2. The van der Waals surface area contributed by atoms with Crippen LogP contribution in [0, 0.1) is 5.92 Å². The number of carbonyl (C=O) groups is 1. The molecule has 0 spiro atoms. The van der Waals surface area contributed by atoms with Crippen molar-refractivity contribution in [3.8, 4) is 0 Å². The van der Waals surface area contributed by atoms with Crippen molar-refractivity contribution in [2.24, 2.45) is 5.92 Å². The number of anilines is 1. The zero-order valence-electron chi connectivity index (χ0n) is 12.3. The molecule has 1 fully saturated rings. The van der Waals surface area contributed by atoms with Crippen molar-refractivity contribution >= 4 is 11.6 Å². The summed E-state index contributed by atoms with van der Waals surface area (Å²) in [6, 6.07) is 3.69. The molecule has 0 aliphatic heterocycles. The lowest BCUT2D eigenvalue weighted by atomic mass is 10.0. The summed E-state index contributed by atoms with van der Waals surface area (Å²) in [5, 5.41) is 6.21. The SMILES string of the molecule is CCCNc1ccc(C(=O)NCCC2CCCC2)nc1. The first-order chi connectivity index (χ1) is 9.79.